The van der Waals surface area contributed by atoms with Crippen LogP contribution in [0.25, 0.3) is 0 Å². The predicted octanol–water partition coefficient (Wildman–Crippen LogP) is 4.92. The lowest BCUT2D eigenvalue weighted by molar-refractivity contribution is -0.135. The van der Waals surface area contributed by atoms with Gasteiger partial charge >= 0.3 is 11.9 Å². The maximum Gasteiger partial charge on any atom is 0.311 e. The van der Waals surface area contributed by atoms with E-state index in [0.717, 1.165) is 50.7 Å². The minimum atomic E-state index is -0.400. The van der Waals surface area contributed by atoms with E-state index in [-0.39, 0.29) is 47.3 Å². The molecular weight excluding hydrogens is 416 g/mol. The Bertz CT molecular complexity index is 780. The van der Waals surface area contributed by atoms with Gasteiger partial charge in [-0.1, -0.05) is 38.5 Å². The molecule has 0 fully saturated rings. The summed E-state index contributed by atoms with van der Waals surface area (Å²) in [6, 6.07) is 7.41. The van der Waals surface area contributed by atoms with Gasteiger partial charge in [0.05, 0.1) is 0 Å². The molecule has 0 spiro atoms. The summed E-state index contributed by atoms with van der Waals surface area (Å²) in [5.74, 6) is -1.22. The van der Waals surface area contributed by atoms with Gasteiger partial charge in [-0.25, -0.2) is 0 Å². The average molecular weight is 446 g/mol. The van der Waals surface area contributed by atoms with Crippen molar-refractivity contribution >= 4 is 11.9 Å². The second kappa shape index (κ2) is 13.1. The fourth-order valence-corrected chi connectivity index (χ4v) is 3.22. The number of ether oxygens (including phenoxy) is 2. The van der Waals surface area contributed by atoms with Crippen molar-refractivity contribution in [1.29, 1.82) is 0 Å². The molecule has 8 nitrogen and oxygen atoms in total. The first kappa shape index (κ1) is 24.8. The molecule has 2 rings (SSSR count). The number of hydrogen-bond donors (Lipinski definition) is 4. The number of carbonyl (C=O) groups excluding carboxylic acids is 2. The van der Waals surface area contributed by atoms with Gasteiger partial charge in [-0.15, -0.1) is 0 Å². The van der Waals surface area contributed by atoms with Gasteiger partial charge in [-0.3, -0.25) is 9.59 Å². The Morgan fingerprint density at radius 3 is 1.09 bits per heavy atom. The Morgan fingerprint density at radius 1 is 0.500 bits per heavy atom. The number of esters is 2. The van der Waals surface area contributed by atoms with E-state index < -0.39 is 11.9 Å². The average Bonchev–Trinajstić information content (AvgIpc) is 2.67. The summed E-state index contributed by atoms with van der Waals surface area (Å²) in [7, 11) is 0. The van der Waals surface area contributed by atoms with Crippen molar-refractivity contribution in [3.63, 3.8) is 0 Å². The standard InChI is InChI=1S/C24H30O8/c25-17-11-18(26)14-21(13-17)31-23(29)9-7-5-3-1-2-4-6-8-10-24(30)32-22-15-19(27)12-20(28)16-22/h11-16,25-28H,1-10H2. The number of aromatic hydroxyl groups is 4. The summed E-state index contributed by atoms with van der Waals surface area (Å²) in [4.78, 5) is 23.6. The van der Waals surface area contributed by atoms with Crippen LogP contribution in [0.3, 0.4) is 0 Å². The van der Waals surface area contributed by atoms with Crippen molar-refractivity contribution in [3.8, 4) is 34.5 Å². The van der Waals surface area contributed by atoms with Gasteiger partial charge in [-0.05, 0) is 12.8 Å². The molecule has 0 aliphatic rings. The van der Waals surface area contributed by atoms with E-state index in [4.69, 9.17) is 9.47 Å². The van der Waals surface area contributed by atoms with Crippen LogP contribution in [0.1, 0.15) is 64.2 Å². The predicted molar refractivity (Wildman–Crippen MR) is 117 cm³/mol. The Morgan fingerprint density at radius 2 is 0.781 bits per heavy atom. The second-order valence-corrected chi connectivity index (χ2v) is 7.65. The monoisotopic (exact) mass is 446 g/mol. The third kappa shape index (κ3) is 10.1. The highest BCUT2D eigenvalue weighted by molar-refractivity contribution is 5.73. The number of phenolic OH excluding ortho intramolecular Hbond substituents is 4. The molecule has 0 aromatic heterocycles. The largest absolute Gasteiger partial charge is 0.508 e. The maximum absolute atomic E-state index is 11.8. The van der Waals surface area contributed by atoms with E-state index >= 15 is 0 Å². The normalized spacial score (nSPS) is 10.6. The topological polar surface area (TPSA) is 134 Å². The van der Waals surface area contributed by atoms with Gasteiger partial charge in [-0.2, -0.15) is 0 Å². The first-order chi connectivity index (χ1) is 15.3. The molecule has 0 radical (unpaired) electrons. The third-order valence-electron chi connectivity index (χ3n) is 4.73. The molecule has 0 saturated heterocycles. The molecule has 2 aromatic rings. The van der Waals surface area contributed by atoms with Gasteiger partial charge in [0.2, 0.25) is 0 Å². The van der Waals surface area contributed by atoms with Gasteiger partial charge in [0.15, 0.2) is 0 Å². The van der Waals surface area contributed by atoms with E-state index in [2.05, 4.69) is 0 Å². The first-order valence-electron chi connectivity index (χ1n) is 10.8. The minimum Gasteiger partial charge on any atom is -0.508 e. The van der Waals surface area contributed by atoms with Crippen LogP contribution in [-0.2, 0) is 9.59 Å². The molecule has 174 valence electrons. The molecule has 32 heavy (non-hydrogen) atoms. The lowest BCUT2D eigenvalue weighted by Gasteiger charge is -2.06. The fraction of sp³-hybridized carbons (Fsp3) is 0.417. The molecule has 0 aliphatic carbocycles. The van der Waals surface area contributed by atoms with Gasteiger partial charge in [0.25, 0.3) is 0 Å². The van der Waals surface area contributed by atoms with Gasteiger partial charge in [0, 0.05) is 49.2 Å². The maximum atomic E-state index is 11.8. The third-order valence-corrected chi connectivity index (χ3v) is 4.73. The van der Waals surface area contributed by atoms with E-state index in [0.29, 0.717) is 12.8 Å². The zero-order chi connectivity index (χ0) is 23.3. The van der Waals surface area contributed by atoms with Crippen LogP contribution in [0, 0.1) is 0 Å². The number of carbonyl (C=O) groups is 2. The Balaban J connectivity index is 1.45. The van der Waals surface area contributed by atoms with Crippen molar-refractivity contribution in [1.82, 2.24) is 0 Å². The molecule has 0 unspecified atom stereocenters. The molecular formula is C24H30O8. The summed E-state index contributed by atoms with van der Waals surface area (Å²) >= 11 is 0. The van der Waals surface area contributed by atoms with Crippen molar-refractivity contribution < 1.29 is 39.5 Å². The van der Waals surface area contributed by atoms with Crippen LogP contribution in [0.15, 0.2) is 36.4 Å². The van der Waals surface area contributed by atoms with E-state index in [9.17, 15) is 30.0 Å². The van der Waals surface area contributed by atoms with Crippen LogP contribution >= 0.6 is 0 Å². The second-order valence-electron chi connectivity index (χ2n) is 7.65. The first-order valence-corrected chi connectivity index (χ1v) is 10.8. The van der Waals surface area contributed by atoms with Gasteiger partial charge in [0.1, 0.15) is 34.5 Å². The summed E-state index contributed by atoms with van der Waals surface area (Å²) in [5, 5.41) is 37.5. The molecule has 2 aromatic carbocycles. The number of phenols is 4. The van der Waals surface area contributed by atoms with Crippen molar-refractivity contribution in [2.75, 3.05) is 0 Å². The highest BCUT2D eigenvalue weighted by Crippen LogP contribution is 2.27. The molecule has 4 N–H and O–H groups in total. The van der Waals surface area contributed by atoms with Gasteiger partial charge < -0.3 is 29.9 Å². The van der Waals surface area contributed by atoms with Crippen molar-refractivity contribution in [2.45, 2.75) is 64.2 Å². The molecule has 0 heterocycles. The fourth-order valence-electron chi connectivity index (χ4n) is 3.22. The summed E-state index contributed by atoms with van der Waals surface area (Å²) in [6.07, 6.45) is 7.87. The molecule has 0 aliphatic heterocycles. The molecule has 0 amide bonds. The number of benzene rings is 2. The number of hydrogen-bond acceptors (Lipinski definition) is 8. The van der Waals surface area contributed by atoms with Crippen molar-refractivity contribution in [2.24, 2.45) is 0 Å². The zero-order valence-electron chi connectivity index (χ0n) is 18.0. The van der Waals surface area contributed by atoms with E-state index in [1.54, 1.807) is 0 Å². The van der Waals surface area contributed by atoms with E-state index in [1.807, 2.05) is 0 Å². The lowest BCUT2D eigenvalue weighted by Crippen LogP contribution is -2.07. The Labute approximate surface area is 187 Å². The summed E-state index contributed by atoms with van der Waals surface area (Å²) in [6.45, 7) is 0. The molecule has 0 atom stereocenters. The van der Waals surface area contributed by atoms with Crippen LogP contribution in [0.4, 0.5) is 0 Å². The molecule has 8 heteroatoms. The SMILES string of the molecule is O=C(CCCCCCCCCCC(=O)Oc1cc(O)cc(O)c1)Oc1cc(O)cc(O)c1. The zero-order valence-corrected chi connectivity index (χ0v) is 18.0. The Kier molecular flexibility index (Phi) is 10.2. The number of unbranched alkanes of at least 4 members (excludes halogenated alkanes) is 7. The summed E-state index contributed by atoms with van der Waals surface area (Å²) < 4.78 is 10.2. The highest BCUT2D eigenvalue weighted by Gasteiger charge is 2.08. The Hall–Kier alpha value is -3.42. The van der Waals surface area contributed by atoms with Crippen LogP contribution < -0.4 is 9.47 Å². The van der Waals surface area contributed by atoms with Crippen LogP contribution in [-0.4, -0.2) is 32.4 Å². The minimum absolute atomic E-state index is 0.122. The highest BCUT2D eigenvalue weighted by atomic mass is 16.5. The van der Waals surface area contributed by atoms with E-state index in [1.165, 1.54) is 24.3 Å². The molecule has 0 saturated carbocycles. The number of rotatable bonds is 13. The smallest absolute Gasteiger partial charge is 0.311 e. The van der Waals surface area contributed by atoms with Crippen molar-refractivity contribution in [3.05, 3.63) is 36.4 Å². The quantitative estimate of drug-likeness (QED) is 0.193. The van der Waals surface area contributed by atoms with Crippen LogP contribution in [0.2, 0.25) is 0 Å². The molecule has 0 bridgehead atoms. The van der Waals surface area contributed by atoms with Crippen LogP contribution in [0.5, 0.6) is 34.5 Å². The lowest BCUT2D eigenvalue weighted by atomic mass is 10.1. The summed E-state index contributed by atoms with van der Waals surface area (Å²) in [5.41, 5.74) is 0.